The first kappa shape index (κ1) is 10.4. The van der Waals surface area contributed by atoms with Gasteiger partial charge in [0.15, 0.2) is 0 Å². The smallest absolute Gasteiger partial charge is 0.304 e. The van der Waals surface area contributed by atoms with Gasteiger partial charge in [0, 0.05) is 39.4 Å². The van der Waals surface area contributed by atoms with E-state index in [4.69, 9.17) is 10.8 Å². The van der Waals surface area contributed by atoms with Gasteiger partial charge in [0.05, 0.1) is 6.42 Å². The van der Waals surface area contributed by atoms with Crippen molar-refractivity contribution in [1.29, 1.82) is 0 Å². The molecule has 0 radical (unpaired) electrons. The third-order valence-electron chi connectivity index (χ3n) is 2.37. The van der Waals surface area contributed by atoms with E-state index in [0.29, 0.717) is 13.2 Å². The molecule has 5 nitrogen and oxygen atoms in total. The quantitative estimate of drug-likeness (QED) is 0.590. The molecule has 0 amide bonds. The molecule has 1 fully saturated rings. The number of carboxylic acids is 1. The molecule has 0 saturated carbocycles. The van der Waals surface area contributed by atoms with Crippen LogP contribution in [0.5, 0.6) is 0 Å². The lowest BCUT2D eigenvalue weighted by molar-refractivity contribution is -0.137. The topological polar surface area (TPSA) is 69.8 Å². The van der Waals surface area contributed by atoms with Gasteiger partial charge in [-0.05, 0) is 0 Å². The largest absolute Gasteiger partial charge is 0.481 e. The summed E-state index contributed by atoms with van der Waals surface area (Å²) in [4.78, 5) is 14.6. The molecule has 3 N–H and O–H groups in total. The molecule has 1 saturated heterocycles. The van der Waals surface area contributed by atoms with Crippen molar-refractivity contribution in [2.75, 3.05) is 39.4 Å². The van der Waals surface area contributed by atoms with Crippen molar-refractivity contribution >= 4 is 5.97 Å². The molecule has 5 heteroatoms. The molecule has 0 aromatic heterocycles. The summed E-state index contributed by atoms with van der Waals surface area (Å²) in [5.74, 6) is -0.721. The molecule has 0 atom stereocenters. The predicted molar refractivity (Wildman–Crippen MR) is 49.3 cm³/mol. The van der Waals surface area contributed by atoms with Gasteiger partial charge in [-0.25, -0.2) is 0 Å². The van der Waals surface area contributed by atoms with Gasteiger partial charge < -0.3 is 15.7 Å². The van der Waals surface area contributed by atoms with Gasteiger partial charge in [-0.3, -0.25) is 9.69 Å². The fourth-order valence-corrected chi connectivity index (χ4v) is 1.45. The summed E-state index contributed by atoms with van der Waals surface area (Å²) in [6.07, 6.45) is 0.239. The first-order valence-electron chi connectivity index (χ1n) is 4.59. The maximum Gasteiger partial charge on any atom is 0.304 e. The van der Waals surface area contributed by atoms with Gasteiger partial charge >= 0.3 is 5.97 Å². The highest BCUT2D eigenvalue weighted by atomic mass is 16.4. The first-order valence-corrected chi connectivity index (χ1v) is 4.59. The molecule has 0 unspecified atom stereocenters. The van der Waals surface area contributed by atoms with E-state index in [2.05, 4.69) is 9.80 Å². The van der Waals surface area contributed by atoms with Crippen molar-refractivity contribution in [2.24, 2.45) is 5.73 Å². The van der Waals surface area contributed by atoms with Crippen molar-refractivity contribution in [3.63, 3.8) is 0 Å². The van der Waals surface area contributed by atoms with Gasteiger partial charge in [0.2, 0.25) is 0 Å². The van der Waals surface area contributed by atoms with E-state index in [1.54, 1.807) is 0 Å². The van der Waals surface area contributed by atoms with Gasteiger partial charge in [-0.15, -0.1) is 0 Å². The minimum atomic E-state index is -0.721. The number of piperazine rings is 1. The van der Waals surface area contributed by atoms with E-state index in [1.165, 1.54) is 0 Å². The zero-order valence-electron chi connectivity index (χ0n) is 7.78. The lowest BCUT2D eigenvalue weighted by Gasteiger charge is -2.33. The maximum atomic E-state index is 10.3. The van der Waals surface area contributed by atoms with Crippen LogP contribution in [0.2, 0.25) is 0 Å². The van der Waals surface area contributed by atoms with Crippen molar-refractivity contribution in [3.8, 4) is 0 Å². The average molecular weight is 187 g/mol. The highest BCUT2D eigenvalue weighted by molar-refractivity contribution is 5.66. The number of aliphatic carboxylic acids is 1. The molecule has 1 heterocycles. The Labute approximate surface area is 78.1 Å². The summed E-state index contributed by atoms with van der Waals surface area (Å²) < 4.78 is 0. The normalized spacial score (nSPS) is 20.4. The number of nitrogens with two attached hydrogens (primary N) is 1. The standard InChI is InChI=1S/C8H17N3O2/c9-7-11-5-3-10(4-6-11)2-1-8(12)13/h1-7,9H2,(H,12,13). The van der Waals surface area contributed by atoms with Crippen molar-refractivity contribution in [2.45, 2.75) is 6.42 Å². The molecule has 0 aromatic rings. The summed E-state index contributed by atoms with van der Waals surface area (Å²) >= 11 is 0. The molecule has 0 aliphatic carbocycles. The Morgan fingerprint density at radius 2 is 1.77 bits per heavy atom. The Kier molecular flexibility index (Phi) is 4.14. The molecule has 1 rings (SSSR count). The molecule has 0 bridgehead atoms. The van der Waals surface area contributed by atoms with E-state index >= 15 is 0 Å². The van der Waals surface area contributed by atoms with E-state index in [-0.39, 0.29) is 6.42 Å². The molecule has 1 aliphatic heterocycles. The first-order chi connectivity index (χ1) is 6.22. The highest BCUT2D eigenvalue weighted by Crippen LogP contribution is 2.00. The Morgan fingerprint density at radius 1 is 1.23 bits per heavy atom. The Bertz CT molecular complexity index is 167. The lowest BCUT2D eigenvalue weighted by atomic mass is 10.3. The molecule has 0 spiro atoms. The SMILES string of the molecule is NCN1CCN(CCC(=O)O)CC1. The lowest BCUT2D eigenvalue weighted by Crippen LogP contribution is -2.48. The molecule has 13 heavy (non-hydrogen) atoms. The number of hydrogen-bond acceptors (Lipinski definition) is 4. The van der Waals surface area contributed by atoms with E-state index in [0.717, 1.165) is 26.2 Å². The van der Waals surface area contributed by atoms with E-state index in [1.807, 2.05) is 0 Å². The fraction of sp³-hybridized carbons (Fsp3) is 0.875. The molecule has 0 aromatic carbocycles. The summed E-state index contributed by atoms with van der Waals surface area (Å²) in [5, 5.41) is 8.49. The van der Waals surface area contributed by atoms with Gasteiger partial charge in [0.25, 0.3) is 0 Å². The molecular weight excluding hydrogens is 170 g/mol. The average Bonchev–Trinajstić information content (AvgIpc) is 2.15. The maximum absolute atomic E-state index is 10.3. The van der Waals surface area contributed by atoms with Crippen LogP contribution in [-0.4, -0.2) is 60.3 Å². The van der Waals surface area contributed by atoms with Crippen LogP contribution in [0.15, 0.2) is 0 Å². The minimum absolute atomic E-state index is 0.239. The zero-order chi connectivity index (χ0) is 9.68. The van der Waals surface area contributed by atoms with Crippen LogP contribution < -0.4 is 5.73 Å². The Morgan fingerprint density at radius 3 is 2.23 bits per heavy atom. The molecular formula is C8H17N3O2. The number of carbonyl (C=O) groups is 1. The van der Waals surface area contributed by atoms with Crippen LogP contribution in [0.3, 0.4) is 0 Å². The van der Waals surface area contributed by atoms with E-state index in [9.17, 15) is 4.79 Å². The van der Waals surface area contributed by atoms with Crippen molar-refractivity contribution in [1.82, 2.24) is 9.80 Å². The number of nitrogens with zero attached hydrogens (tertiary/aromatic N) is 2. The Hall–Kier alpha value is -0.650. The summed E-state index contributed by atoms with van der Waals surface area (Å²) in [6.45, 7) is 5.04. The van der Waals surface area contributed by atoms with Crippen LogP contribution >= 0.6 is 0 Å². The van der Waals surface area contributed by atoms with Crippen LogP contribution in [0.1, 0.15) is 6.42 Å². The van der Waals surface area contributed by atoms with Gasteiger partial charge in [0.1, 0.15) is 0 Å². The van der Waals surface area contributed by atoms with E-state index < -0.39 is 5.97 Å². The number of carboxylic acid groups (broad SMARTS) is 1. The summed E-state index contributed by atoms with van der Waals surface area (Å²) in [6, 6.07) is 0. The Balaban J connectivity index is 2.14. The van der Waals surface area contributed by atoms with Crippen molar-refractivity contribution in [3.05, 3.63) is 0 Å². The van der Waals surface area contributed by atoms with Crippen LogP contribution in [0.4, 0.5) is 0 Å². The van der Waals surface area contributed by atoms with Crippen LogP contribution in [0, 0.1) is 0 Å². The number of hydrogen-bond donors (Lipinski definition) is 2. The fourth-order valence-electron chi connectivity index (χ4n) is 1.45. The monoisotopic (exact) mass is 187 g/mol. The third kappa shape index (κ3) is 3.71. The molecule has 1 aliphatic rings. The second-order valence-electron chi connectivity index (χ2n) is 3.29. The van der Waals surface area contributed by atoms with Crippen LogP contribution in [-0.2, 0) is 4.79 Å². The van der Waals surface area contributed by atoms with Crippen LogP contribution in [0.25, 0.3) is 0 Å². The summed E-state index contributed by atoms with van der Waals surface area (Å²) in [5.41, 5.74) is 5.48. The predicted octanol–water partition coefficient (Wildman–Crippen LogP) is -1.01. The third-order valence-corrected chi connectivity index (χ3v) is 2.37. The van der Waals surface area contributed by atoms with Crippen molar-refractivity contribution < 1.29 is 9.90 Å². The highest BCUT2D eigenvalue weighted by Gasteiger charge is 2.15. The zero-order valence-corrected chi connectivity index (χ0v) is 7.78. The second-order valence-corrected chi connectivity index (χ2v) is 3.29. The minimum Gasteiger partial charge on any atom is -0.481 e. The summed E-state index contributed by atoms with van der Waals surface area (Å²) in [7, 11) is 0. The van der Waals surface area contributed by atoms with Gasteiger partial charge in [-0.2, -0.15) is 0 Å². The number of rotatable bonds is 4. The second kappa shape index (κ2) is 5.16. The van der Waals surface area contributed by atoms with Gasteiger partial charge in [-0.1, -0.05) is 0 Å². The molecule has 76 valence electrons.